The molecule has 1 aromatic heterocycles. The van der Waals surface area contributed by atoms with Crippen LogP contribution < -0.4 is 0 Å². The largest absolute Gasteiger partial charge is 0.236 e. The maximum Gasteiger partial charge on any atom is 0.146 e. The molecule has 0 spiro atoms. The summed E-state index contributed by atoms with van der Waals surface area (Å²) in [5.41, 5.74) is 3.47. The minimum absolute atomic E-state index is 0.0381. The molecule has 0 fully saturated rings. The lowest BCUT2D eigenvalue weighted by molar-refractivity contribution is 0.558. The molecule has 20 heavy (non-hydrogen) atoms. The van der Waals surface area contributed by atoms with Crippen LogP contribution >= 0.6 is 34.2 Å². The zero-order valence-corrected chi connectivity index (χ0v) is 15.1. The molecule has 0 aliphatic heterocycles. The first-order chi connectivity index (χ1) is 9.29. The molecular weight excluding hydrogens is 383 g/mol. The molecule has 0 unspecified atom stereocenters. The normalized spacial score (nSPS) is 11.7. The highest BCUT2D eigenvalue weighted by molar-refractivity contribution is 14.1. The van der Waals surface area contributed by atoms with E-state index in [4.69, 9.17) is 16.6 Å². The number of benzene rings is 1. The summed E-state index contributed by atoms with van der Waals surface area (Å²) in [6.07, 6.45) is 0.715. The van der Waals surface area contributed by atoms with Crippen molar-refractivity contribution in [1.29, 1.82) is 0 Å². The van der Waals surface area contributed by atoms with E-state index in [2.05, 4.69) is 67.4 Å². The van der Waals surface area contributed by atoms with Gasteiger partial charge in [0.15, 0.2) is 0 Å². The predicted octanol–water partition coefficient (Wildman–Crippen LogP) is 4.93. The number of halogens is 2. The molecule has 2 aromatic rings. The molecule has 0 atom stereocenters. The van der Waals surface area contributed by atoms with Gasteiger partial charge in [-0.1, -0.05) is 56.6 Å². The summed E-state index contributed by atoms with van der Waals surface area (Å²) in [4.78, 5) is 9.17. The van der Waals surface area contributed by atoms with Crippen LogP contribution in [0.3, 0.4) is 0 Å². The van der Waals surface area contributed by atoms with Gasteiger partial charge in [0.25, 0.3) is 0 Å². The molecule has 4 heteroatoms. The van der Waals surface area contributed by atoms with Crippen molar-refractivity contribution in [2.75, 3.05) is 0 Å². The number of aryl methyl sites for hydroxylation is 1. The van der Waals surface area contributed by atoms with Gasteiger partial charge in [-0.2, -0.15) is 0 Å². The molecule has 0 aliphatic carbocycles. The maximum atomic E-state index is 6.27. The van der Waals surface area contributed by atoms with E-state index >= 15 is 0 Å². The van der Waals surface area contributed by atoms with E-state index in [1.807, 2.05) is 12.1 Å². The molecule has 1 heterocycles. The van der Waals surface area contributed by atoms with Crippen molar-refractivity contribution in [3.8, 4) is 0 Å². The molecule has 2 rings (SSSR count). The SMILES string of the molecule is Cc1ccccc1Cc1nc(Cl)c(I)c(C(C)(C)C)n1. The second-order valence-electron chi connectivity index (χ2n) is 5.95. The van der Waals surface area contributed by atoms with Crippen molar-refractivity contribution in [3.63, 3.8) is 0 Å². The van der Waals surface area contributed by atoms with E-state index < -0.39 is 0 Å². The lowest BCUT2D eigenvalue weighted by Crippen LogP contribution is -2.18. The third kappa shape index (κ3) is 3.50. The summed E-state index contributed by atoms with van der Waals surface area (Å²) in [6.45, 7) is 8.54. The lowest BCUT2D eigenvalue weighted by atomic mass is 9.92. The van der Waals surface area contributed by atoms with E-state index in [1.165, 1.54) is 11.1 Å². The van der Waals surface area contributed by atoms with Gasteiger partial charge in [-0.05, 0) is 40.6 Å². The molecular formula is C16H18ClIN2. The Bertz CT molecular complexity index is 633. The van der Waals surface area contributed by atoms with Gasteiger partial charge in [0, 0.05) is 11.8 Å². The molecule has 0 aliphatic rings. The molecule has 1 aromatic carbocycles. The average Bonchev–Trinajstić information content (AvgIpc) is 2.35. The third-order valence-electron chi connectivity index (χ3n) is 3.18. The van der Waals surface area contributed by atoms with Crippen LogP contribution in [-0.2, 0) is 11.8 Å². The van der Waals surface area contributed by atoms with Crippen molar-refractivity contribution in [2.45, 2.75) is 39.5 Å². The minimum atomic E-state index is -0.0381. The Balaban J connectivity index is 2.44. The zero-order valence-electron chi connectivity index (χ0n) is 12.2. The third-order valence-corrected chi connectivity index (χ3v) is 4.79. The van der Waals surface area contributed by atoms with E-state index in [0.29, 0.717) is 11.6 Å². The standard InChI is InChI=1S/C16H18ClIN2/c1-10-7-5-6-8-11(10)9-12-19-14(16(2,3)4)13(18)15(17)20-12/h5-8H,9H2,1-4H3. The molecule has 0 N–H and O–H groups in total. The van der Waals surface area contributed by atoms with Gasteiger partial charge in [-0.3, -0.25) is 0 Å². The van der Waals surface area contributed by atoms with Crippen LogP contribution in [0.4, 0.5) is 0 Å². The monoisotopic (exact) mass is 400 g/mol. The van der Waals surface area contributed by atoms with Gasteiger partial charge in [-0.25, -0.2) is 9.97 Å². The molecule has 0 saturated heterocycles. The molecule has 0 saturated carbocycles. The van der Waals surface area contributed by atoms with Crippen LogP contribution in [0.2, 0.25) is 5.15 Å². The van der Waals surface area contributed by atoms with Crippen LogP contribution in [0.5, 0.6) is 0 Å². The highest BCUT2D eigenvalue weighted by Crippen LogP contribution is 2.29. The van der Waals surface area contributed by atoms with Gasteiger partial charge < -0.3 is 0 Å². The zero-order chi connectivity index (χ0) is 14.9. The van der Waals surface area contributed by atoms with Crippen LogP contribution in [-0.4, -0.2) is 9.97 Å². The van der Waals surface area contributed by atoms with Gasteiger partial charge in [0.2, 0.25) is 0 Å². The second-order valence-corrected chi connectivity index (χ2v) is 7.38. The number of hydrogen-bond donors (Lipinski definition) is 0. The molecule has 2 nitrogen and oxygen atoms in total. The Labute approximate surface area is 139 Å². The smallest absolute Gasteiger partial charge is 0.146 e. The summed E-state index contributed by atoms with van der Waals surface area (Å²) in [7, 11) is 0. The van der Waals surface area contributed by atoms with E-state index in [1.54, 1.807) is 0 Å². The van der Waals surface area contributed by atoms with E-state index in [0.717, 1.165) is 15.1 Å². The molecule has 0 bridgehead atoms. The van der Waals surface area contributed by atoms with Crippen LogP contribution in [0, 0.1) is 10.5 Å². The van der Waals surface area contributed by atoms with Gasteiger partial charge >= 0.3 is 0 Å². The van der Waals surface area contributed by atoms with Gasteiger partial charge in [0.1, 0.15) is 11.0 Å². The summed E-state index contributed by atoms with van der Waals surface area (Å²) in [6, 6.07) is 8.30. The molecule has 0 radical (unpaired) electrons. The van der Waals surface area contributed by atoms with Gasteiger partial charge in [0.05, 0.1) is 9.26 Å². The Morgan fingerprint density at radius 2 is 1.80 bits per heavy atom. The summed E-state index contributed by atoms with van der Waals surface area (Å²) >= 11 is 8.50. The minimum Gasteiger partial charge on any atom is -0.236 e. The number of hydrogen-bond acceptors (Lipinski definition) is 2. The van der Waals surface area contributed by atoms with Crippen molar-refractivity contribution in [3.05, 3.63) is 55.6 Å². The van der Waals surface area contributed by atoms with E-state index in [-0.39, 0.29) is 5.41 Å². The quantitative estimate of drug-likeness (QED) is 0.527. The first kappa shape index (κ1) is 15.7. The lowest BCUT2D eigenvalue weighted by Gasteiger charge is -2.20. The number of nitrogens with zero attached hydrogens (tertiary/aromatic N) is 2. The van der Waals surface area contributed by atoms with Crippen LogP contribution in [0.1, 0.15) is 43.4 Å². The van der Waals surface area contributed by atoms with E-state index in [9.17, 15) is 0 Å². The highest BCUT2D eigenvalue weighted by Gasteiger charge is 2.22. The first-order valence-electron chi connectivity index (χ1n) is 6.56. The fourth-order valence-electron chi connectivity index (χ4n) is 2.02. The summed E-state index contributed by atoms with van der Waals surface area (Å²) in [5, 5.41) is 0.550. The Hall–Kier alpha value is -0.680. The number of aromatic nitrogens is 2. The van der Waals surface area contributed by atoms with Crippen molar-refractivity contribution in [1.82, 2.24) is 9.97 Å². The maximum absolute atomic E-state index is 6.27. The fourth-order valence-corrected chi connectivity index (χ4v) is 3.26. The summed E-state index contributed by atoms with van der Waals surface area (Å²) in [5.74, 6) is 0.787. The van der Waals surface area contributed by atoms with Crippen LogP contribution in [0.15, 0.2) is 24.3 Å². The fraction of sp³-hybridized carbons (Fsp3) is 0.375. The Kier molecular flexibility index (Phi) is 4.69. The molecule has 106 valence electrons. The van der Waals surface area contributed by atoms with Crippen LogP contribution in [0.25, 0.3) is 0 Å². The Morgan fingerprint density at radius 3 is 2.40 bits per heavy atom. The Morgan fingerprint density at radius 1 is 1.15 bits per heavy atom. The average molecular weight is 401 g/mol. The number of rotatable bonds is 2. The first-order valence-corrected chi connectivity index (χ1v) is 8.01. The predicted molar refractivity (Wildman–Crippen MR) is 92.4 cm³/mol. The van der Waals surface area contributed by atoms with Gasteiger partial charge in [-0.15, -0.1) is 0 Å². The van der Waals surface area contributed by atoms with Crippen molar-refractivity contribution >= 4 is 34.2 Å². The van der Waals surface area contributed by atoms with Crippen molar-refractivity contribution in [2.24, 2.45) is 0 Å². The van der Waals surface area contributed by atoms with Crippen molar-refractivity contribution < 1.29 is 0 Å². The highest BCUT2D eigenvalue weighted by atomic mass is 127. The second kappa shape index (κ2) is 5.98. The topological polar surface area (TPSA) is 25.8 Å². The summed E-state index contributed by atoms with van der Waals surface area (Å²) < 4.78 is 0.949. The molecule has 0 amide bonds.